The van der Waals surface area contributed by atoms with Gasteiger partial charge >= 0.3 is 6.09 Å². The minimum Gasteiger partial charge on any atom is -0.444 e. The summed E-state index contributed by atoms with van der Waals surface area (Å²) in [5, 5.41) is 4.37. The largest absolute Gasteiger partial charge is 0.444 e. The Morgan fingerprint density at radius 1 is 1.43 bits per heavy atom. The second kappa shape index (κ2) is 6.53. The zero-order valence-corrected chi connectivity index (χ0v) is 14.1. The highest BCUT2D eigenvalue weighted by Crippen LogP contribution is 2.23. The van der Waals surface area contributed by atoms with E-state index in [-0.39, 0.29) is 16.7 Å². The number of nitrogens with zero attached hydrogens (tertiary/aromatic N) is 2. The van der Waals surface area contributed by atoms with Crippen molar-refractivity contribution in [2.24, 2.45) is 5.73 Å². The number of hydrogen-bond donors (Lipinski definition) is 2. The van der Waals surface area contributed by atoms with E-state index in [9.17, 15) is 14.4 Å². The van der Waals surface area contributed by atoms with Gasteiger partial charge in [-0.1, -0.05) is 0 Å². The van der Waals surface area contributed by atoms with Crippen molar-refractivity contribution >= 4 is 34.4 Å². The van der Waals surface area contributed by atoms with Gasteiger partial charge in [0.05, 0.1) is 0 Å². The zero-order chi connectivity index (χ0) is 17.2. The molecule has 1 saturated heterocycles. The highest BCUT2D eigenvalue weighted by molar-refractivity contribution is 7.14. The monoisotopic (exact) mass is 340 g/mol. The molecule has 1 fully saturated rings. The molecule has 0 radical (unpaired) electrons. The fourth-order valence-corrected chi connectivity index (χ4v) is 2.91. The molecular formula is C14H20N4O4S. The van der Waals surface area contributed by atoms with Crippen LogP contribution in [0.3, 0.4) is 0 Å². The molecule has 1 aromatic rings. The molecule has 1 aliphatic heterocycles. The van der Waals surface area contributed by atoms with Crippen LogP contribution < -0.4 is 11.1 Å². The molecule has 0 aliphatic carbocycles. The van der Waals surface area contributed by atoms with Gasteiger partial charge in [0, 0.05) is 11.9 Å². The van der Waals surface area contributed by atoms with Crippen LogP contribution in [0.5, 0.6) is 0 Å². The summed E-state index contributed by atoms with van der Waals surface area (Å²) in [4.78, 5) is 40.9. The van der Waals surface area contributed by atoms with Crippen LogP contribution >= 0.6 is 11.3 Å². The van der Waals surface area contributed by atoms with Crippen molar-refractivity contribution in [2.75, 3.05) is 11.9 Å². The summed E-state index contributed by atoms with van der Waals surface area (Å²) in [6, 6.07) is -0.606. The number of thiazole rings is 1. The zero-order valence-electron chi connectivity index (χ0n) is 13.3. The van der Waals surface area contributed by atoms with E-state index in [0.29, 0.717) is 13.0 Å². The molecule has 0 aromatic carbocycles. The average Bonchev–Trinajstić information content (AvgIpc) is 3.04. The SMILES string of the molecule is CC(C)(C)OC(=O)N1CCC[C@H]1C(=O)Nc1nc(C(N)=O)cs1. The maximum atomic E-state index is 12.4. The summed E-state index contributed by atoms with van der Waals surface area (Å²) in [5.74, 6) is -1.00. The van der Waals surface area contributed by atoms with E-state index in [0.717, 1.165) is 17.8 Å². The van der Waals surface area contributed by atoms with Crippen molar-refractivity contribution in [2.45, 2.75) is 45.3 Å². The molecule has 126 valence electrons. The third-order valence-electron chi connectivity index (χ3n) is 3.17. The molecule has 9 heteroatoms. The Labute approximate surface area is 138 Å². The van der Waals surface area contributed by atoms with Crippen LogP contribution in [-0.4, -0.2) is 46.0 Å². The van der Waals surface area contributed by atoms with E-state index in [1.54, 1.807) is 20.8 Å². The van der Waals surface area contributed by atoms with E-state index in [1.807, 2.05) is 0 Å². The van der Waals surface area contributed by atoms with Gasteiger partial charge in [0.15, 0.2) is 5.13 Å². The predicted molar refractivity (Wildman–Crippen MR) is 85.2 cm³/mol. The highest BCUT2D eigenvalue weighted by atomic mass is 32.1. The van der Waals surface area contributed by atoms with Crippen molar-refractivity contribution < 1.29 is 19.1 Å². The van der Waals surface area contributed by atoms with Crippen LogP contribution in [0.15, 0.2) is 5.38 Å². The van der Waals surface area contributed by atoms with E-state index in [4.69, 9.17) is 10.5 Å². The Kier molecular flexibility index (Phi) is 4.88. The maximum absolute atomic E-state index is 12.4. The molecule has 1 atom stereocenters. The molecule has 1 aromatic heterocycles. The molecule has 0 bridgehead atoms. The first-order valence-electron chi connectivity index (χ1n) is 7.23. The number of primary amides is 1. The summed E-state index contributed by atoms with van der Waals surface area (Å²) in [6.45, 7) is 5.79. The molecule has 0 spiro atoms. The Morgan fingerprint density at radius 2 is 2.13 bits per heavy atom. The fourth-order valence-electron chi connectivity index (χ4n) is 2.21. The van der Waals surface area contributed by atoms with Crippen molar-refractivity contribution in [3.05, 3.63) is 11.1 Å². The number of carbonyl (C=O) groups excluding carboxylic acids is 3. The number of hydrogen-bond acceptors (Lipinski definition) is 6. The first kappa shape index (κ1) is 17.2. The van der Waals surface area contributed by atoms with E-state index in [1.165, 1.54) is 10.3 Å². The van der Waals surface area contributed by atoms with Gasteiger partial charge in [-0.15, -0.1) is 11.3 Å². The summed E-state index contributed by atoms with van der Waals surface area (Å²) in [6.07, 6.45) is 0.771. The smallest absolute Gasteiger partial charge is 0.410 e. The average molecular weight is 340 g/mol. The van der Waals surface area contributed by atoms with Gasteiger partial charge in [0.1, 0.15) is 17.3 Å². The van der Waals surface area contributed by atoms with Gasteiger partial charge in [-0.25, -0.2) is 9.78 Å². The number of anilines is 1. The molecule has 2 rings (SSSR count). The molecule has 3 N–H and O–H groups in total. The third-order valence-corrected chi connectivity index (χ3v) is 3.93. The Balaban J connectivity index is 2.02. The van der Waals surface area contributed by atoms with Crippen molar-refractivity contribution in [3.8, 4) is 0 Å². The highest BCUT2D eigenvalue weighted by Gasteiger charge is 2.36. The van der Waals surface area contributed by atoms with E-state index in [2.05, 4.69) is 10.3 Å². The topological polar surface area (TPSA) is 115 Å². The minimum absolute atomic E-state index is 0.0979. The number of ether oxygens (including phenoxy) is 1. The first-order valence-corrected chi connectivity index (χ1v) is 8.11. The minimum atomic E-state index is -0.655. The Bertz CT molecular complexity index is 623. The lowest BCUT2D eigenvalue weighted by atomic mass is 10.2. The molecule has 1 aliphatic rings. The number of carbonyl (C=O) groups is 3. The Hall–Kier alpha value is -2.16. The molecule has 0 saturated carbocycles. The van der Waals surface area contributed by atoms with Crippen molar-refractivity contribution in [3.63, 3.8) is 0 Å². The normalized spacial score (nSPS) is 17.9. The van der Waals surface area contributed by atoms with Gasteiger partial charge in [-0.3, -0.25) is 14.5 Å². The summed E-state index contributed by atoms with van der Waals surface area (Å²) in [7, 11) is 0. The molecular weight excluding hydrogens is 320 g/mol. The van der Waals surface area contributed by atoms with Gasteiger partial charge < -0.3 is 15.8 Å². The van der Waals surface area contributed by atoms with Crippen molar-refractivity contribution in [1.82, 2.24) is 9.88 Å². The first-order chi connectivity index (χ1) is 10.7. The predicted octanol–water partition coefficient (Wildman–Crippen LogP) is 1.58. The second-order valence-corrected chi connectivity index (χ2v) is 7.08. The van der Waals surface area contributed by atoms with Crippen LogP contribution in [0, 0.1) is 0 Å². The molecule has 0 unspecified atom stereocenters. The number of amides is 3. The quantitative estimate of drug-likeness (QED) is 0.867. The Morgan fingerprint density at radius 3 is 2.70 bits per heavy atom. The van der Waals surface area contributed by atoms with Gasteiger partial charge in [-0.05, 0) is 33.6 Å². The van der Waals surface area contributed by atoms with E-state index < -0.39 is 23.6 Å². The summed E-state index contributed by atoms with van der Waals surface area (Å²) in [5.41, 5.74) is 4.60. The molecule has 23 heavy (non-hydrogen) atoms. The fraction of sp³-hybridized carbons (Fsp3) is 0.571. The van der Waals surface area contributed by atoms with E-state index >= 15 is 0 Å². The lowest BCUT2D eigenvalue weighted by molar-refractivity contribution is -0.120. The standard InChI is InChI=1S/C14H20N4O4S/c1-14(2,3)22-13(21)18-6-4-5-9(18)11(20)17-12-16-8(7-23-12)10(15)19/h7,9H,4-6H2,1-3H3,(H2,15,19)(H,16,17,20)/t9-/m0/s1. The van der Waals surface area contributed by atoms with Gasteiger partial charge in [0.25, 0.3) is 5.91 Å². The molecule has 2 heterocycles. The molecule has 8 nitrogen and oxygen atoms in total. The number of nitrogens with one attached hydrogen (secondary N) is 1. The lowest BCUT2D eigenvalue weighted by Crippen LogP contribution is -2.45. The maximum Gasteiger partial charge on any atom is 0.410 e. The number of likely N-dealkylation sites (tertiary alicyclic amines) is 1. The van der Waals surface area contributed by atoms with Crippen LogP contribution in [0.1, 0.15) is 44.1 Å². The van der Waals surface area contributed by atoms with Crippen LogP contribution in [0.4, 0.5) is 9.93 Å². The lowest BCUT2D eigenvalue weighted by Gasteiger charge is -2.27. The van der Waals surface area contributed by atoms with Crippen LogP contribution in [-0.2, 0) is 9.53 Å². The number of nitrogens with two attached hydrogens (primary N) is 1. The number of aromatic nitrogens is 1. The van der Waals surface area contributed by atoms with Gasteiger partial charge in [0.2, 0.25) is 5.91 Å². The third kappa shape index (κ3) is 4.41. The van der Waals surface area contributed by atoms with Crippen molar-refractivity contribution in [1.29, 1.82) is 0 Å². The molecule has 3 amide bonds. The number of rotatable bonds is 3. The second-order valence-electron chi connectivity index (χ2n) is 6.22. The van der Waals surface area contributed by atoms with Gasteiger partial charge in [-0.2, -0.15) is 0 Å². The van der Waals surface area contributed by atoms with Crippen LogP contribution in [0.25, 0.3) is 0 Å². The van der Waals surface area contributed by atoms with Crippen LogP contribution in [0.2, 0.25) is 0 Å². The summed E-state index contributed by atoms with van der Waals surface area (Å²) < 4.78 is 5.32. The summed E-state index contributed by atoms with van der Waals surface area (Å²) >= 11 is 1.11.